The van der Waals surface area contributed by atoms with Gasteiger partial charge in [0.05, 0.1) is 5.54 Å². The van der Waals surface area contributed by atoms with Crippen molar-refractivity contribution in [3.8, 4) is 0 Å². The fourth-order valence-electron chi connectivity index (χ4n) is 5.31. The van der Waals surface area contributed by atoms with E-state index in [1.54, 1.807) is 0 Å². The number of epoxide rings is 1. The van der Waals surface area contributed by atoms with E-state index >= 15 is 0 Å². The molecule has 1 aliphatic carbocycles. The molecule has 2 fully saturated rings. The average molecular weight is 392 g/mol. The zero-order chi connectivity index (χ0) is 20.2. The molecule has 0 aromatic heterocycles. The Labute approximate surface area is 172 Å². The van der Waals surface area contributed by atoms with E-state index in [0.717, 1.165) is 30.4 Å². The Morgan fingerprint density at radius 3 is 1.86 bits per heavy atom. The van der Waals surface area contributed by atoms with E-state index in [1.807, 2.05) is 36.4 Å². The normalized spacial score (nSPS) is 29.0. The second-order valence-electron chi connectivity index (χ2n) is 9.31. The van der Waals surface area contributed by atoms with Gasteiger partial charge in [-0.25, -0.2) is 4.99 Å². The summed E-state index contributed by atoms with van der Waals surface area (Å²) in [4.78, 5) is 4.93. The molecular formula is C25H29NO3. The summed E-state index contributed by atoms with van der Waals surface area (Å²) in [5.74, 6) is 0.555. The quantitative estimate of drug-likeness (QED) is 0.775. The van der Waals surface area contributed by atoms with E-state index in [-0.39, 0.29) is 5.54 Å². The van der Waals surface area contributed by atoms with Crippen LogP contribution in [0.3, 0.4) is 0 Å². The maximum atomic E-state index is 12.1. The second kappa shape index (κ2) is 6.41. The third-order valence-electron chi connectivity index (χ3n) is 6.72. The Balaban J connectivity index is 1.75. The van der Waals surface area contributed by atoms with Gasteiger partial charge in [-0.05, 0) is 37.8 Å². The molecule has 2 aromatic rings. The van der Waals surface area contributed by atoms with Crippen molar-refractivity contribution < 1.29 is 14.6 Å². The minimum absolute atomic E-state index is 0.321. The third-order valence-corrected chi connectivity index (χ3v) is 6.72. The first kappa shape index (κ1) is 18.8. The SMILES string of the molecule is CC1(C)COC([C@]2(C3(O)CCCCC3)OC2(c2ccccc2)c2ccccc2)=N1. The van der Waals surface area contributed by atoms with Crippen LogP contribution in [0.25, 0.3) is 0 Å². The number of hydrogen-bond acceptors (Lipinski definition) is 4. The Morgan fingerprint density at radius 2 is 1.38 bits per heavy atom. The lowest BCUT2D eigenvalue weighted by Crippen LogP contribution is -2.55. The highest BCUT2D eigenvalue weighted by Gasteiger charge is 2.84. The van der Waals surface area contributed by atoms with Crippen LogP contribution in [-0.4, -0.2) is 34.4 Å². The predicted molar refractivity (Wildman–Crippen MR) is 113 cm³/mol. The van der Waals surface area contributed by atoms with Gasteiger partial charge in [-0.3, -0.25) is 0 Å². The molecule has 4 heteroatoms. The van der Waals surface area contributed by atoms with Crippen LogP contribution in [0.15, 0.2) is 65.7 Å². The van der Waals surface area contributed by atoms with E-state index in [4.69, 9.17) is 14.5 Å². The molecule has 2 heterocycles. The Hall–Kier alpha value is -2.17. The zero-order valence-electron chi connectivity index (χ0n) is 17.2. The van der Waals surface area contributed by atoms with Crippen LogP contribution in [0.2, 0.25) is 0 Å². The van der Waals surface area contributed by atoms with Crippen molar-refractivity contribution in [2.45, 2.75) is 68.3 Å². The molecule has 1 N–H and O–H groups in total. The van der Waals surface area contributed by atoms with Gasteiger partial charge in [-0.2, -0.15) is 0 Å². The average Bonchev–Trinajstić information content (AvgIpc) is 3.35. The van der Waals surface area contributed by atoms with Crippen LogP contribution >= 0.6 is 0 Å². The topological polar surface area (TPSA) is 54.4 Å². The first-order chi connectivity index (χ1) is 13.9. The monoisotopic (exact) mass is 391 g/mol. The lowest BCUT2D eigenvalue weighted by molar-refractivity contribution is -0.0469. The van der Waals surface area contributed by atoms with Crippen molar-refractivity contribution in [2.24, 2.45) is 4.99 Å². The molecule has 1 saturated carbocycles. The van der Waals surface area contributed by atoms with Gasteiger partial charge in [0.15, 0.2) is 5.60 Å². The van der Waals surface area contributed by atoms with Crippen LogP contribution < -0.4 is 0 Å². The number of aliphatic hydroxyl groups is 1. The van der Waals surface area contributed by atoms with Crippen molar-refractivity contribution in [1.82, 2.24) is 0 Å². The number of aliphatic imine (C=N–C) groups is 1. The number of rotatable bonds is 4. The van der Waals surface area contributed by atoms with Gasteiger partial charge >= 0.3 is 0 Å². The van der Waals surface area contributed by atoms with Crippen molar-refractivity contribution in [3.63, 3.8) is 0 Å². The minimum Gasteiger partial charge on any atom is -0.476 e. The Bertz CT molecular complexity index is 876. The maximum Gasteiger partial charge on any atom is 0.224 e. The summed E-state index contributed by atoms with van der Waals surface area (Å²) >= 11 is 0. The largest absolute Gasteiger partial charge is 0.476 e. The van der Waals surface area contributed by atoms with Crippen molar-refractivity contribution in [3.05, 3.63) is 71.8 Å². The van der Waals surface area contributed by atoms with Gasteiger partial charge in [0.2, 0.25) is 11.5 Å². The second-order valence-corrected chi connectivity index (χ2v) is 9.31. The summed E-state index contributed by atoms with van der Waals surface area (Å²) in [5, 5.41) is 12.1. The molecular weight excluding hydrogens is 362 g/mol. The van der Waals surface area contributed by atoms with E-state index in [2.05, 4.69) is 38.1 Å². The van der Waals surface area contributed by atoms with Gasteiger partial charge in [-0.15, -0.1) is 0 Å². The number of nitrogens with zero attached hydrogens (tertiary/aromatic N) is 1. The molecule has 0 radical (unpaired) electrons. The van der Waals surface area contributed by atoms with Crippen LogP contribution in [-0.2, 0) is 15.1 Å². The third kappa shape index (κ3) is 2.62. The molecule has 152 valence electrons. The standard InChI is InChI=1S/C25H29NO3/c1-22(2)18-28-21(26-22)25(23(27)16-10-5-11-17-23)24(29-25,19-12-6-3-7-13-19)20-14-8-4-9-15-20/h3-4,6-9,12-15,27H,5,10-11,16-18H2,1-2H3/t25-/m1/s1. The molecule has 2 aromatic carbocycles. The van der Waals surface area contributed by atoms with Crippen molar-refractivity contribution in [2.75, 3.05) is 6.61 Å². The van der Waals surface area contributed by atoms with Gasteiger partial charge in [-0.1, -0.05) is 79.9 Å². The van der Waals surface area contributed by atoms with Crippen LogP contribution in [0.4, 0.5) is 0 Å². The first-order valence-electron chi connectivity index (χ1n) is 10.7. The lowest BCUT2D eigenvalue weighted by atomic mass is 9.66. The number of hydrogen-bond donors (Lipinski definition) is 1. The molecule has 0 unspecified atom stereocenters. The highest BCUT2D eigenvalue weighted by atomic mass is 16.7. The summed E-state index contributed by atoms with van der Waals surface area (Å²) < 4.78 is 13.0. The fourth-order valence-corrected chi connectivity index (χ4v) is 5.31. The Morgan fingerprint density at radius 1 is 0.828 bits per heavy atom. The zero-order valence-corrected chi connectivity index (χ0v) is 17.2. The molecule has 0 bridgehead atoms. The Kier molecular flexibility index (Phi) is 4.17. The van der Waals surface area contributed by atoms with Gasteiger partial charge in [0.25, 0.3) is 0 Å². The smallest absolute Gasteiger partial charge is 0.224 e. The molecule has 0 amide bonds. The molecule has 0 spiro atoms. The number of benzene rings is 2. The van der Waals surface area contributed by atoms with Crippen LogP contribution in [0.5, 0.6) is 0 Å². The highest BCUT2D eigenvalue weighted by Crippen LogP contribution is 2.68. The van der Waals surface area contributed by atoms with Crippen molar-refractivity contribution >= 4 is 5.90 Å². The summed E-state index contributed by atoms with van der Waals surface area (Å²) in [5.41, 5.74) is -1.09. The van der Waals surface area contributed by atoms with E-state index < -0.39 is 16.8 Å². The summed E-state index contributed by atoms with van der Waals surface area (Å²) in [6, 6.07) is 20.5. The molecule has 5 rings (SSSR count). The predicted octanol–water partition coefficient (Wildman–Crippen LogP) is 4.60. The number of ether oxygens (including phenoxy) is 2. The van der Waals surface area contributed by atoms with E-state index in [9.17, 15) is 5.11 Å². The maximum absolute atomic E-state index is 12.1. The van der Waals surface area contributed by atoms with Gasteiger partial charge in [0, 0.05) is 0 Å². The molecule has 29 heavy (non-hydrogen) atoms. The molecule has 1 saturated heterocycles. The summed E-state index contributed by atoms with van der Waals surface area (Å²) in [7, 11) is 0. The van der Waals surface area contributed by atoms with Crippen LogP contribution in [0, 0.1) is 0 Å². The fraction of sp³-hybridized carbons (Fsp3) is 0.480. The van der Waals surface area contributed by atoms with Crippen molar-refractivity contribution in [1.29, 1.82) is 0 Å². The molecule has 4 nitrogen and oxygen atoms in total. The van der Waals surface area contributed by atoms with E-state index in [1.165, 1.54) is 0 Å². The minimum atomic E-state index is -1.02. The first-order valence-corrected chi connectivity index (χ1v) is 10.7. The van der Waals surface area contributed by atoms with Gasteiger partial charge < -0.3 is 14.6 Å². The van der Waals surface area contributed by atoms with Crippen LogP contribution in [0.1, 0.15) is 57.1 Å². The molecule has 2 aliphatic heterocycles. The van der Waals surface area contributed by atoms with Gasteiger partial charge in [0.1, 0.15) is 12.2 Å². The molecule has 1 atom stereocenters. The summed E-state index contributed by atoms with van der Waals surface area (Å²) in [6.45, 7) is 4.63. The summed E-state index contributed by atoms with van der Waals surface area (Å²) in [6.07, 6.45) is 4.49. The highest BCUT2D eigenvalue weighted by molar-refractivity contribution is 5.95. The molecule has 3 aliphatic rings. The lowest BCUT2D eigenvalue weighted by Gasteiger charge is -2.39. The van der Waals surface area contributed by atoms with E-state index in [0.29, 0.717) is 25.3 Å².